The van der Waals surface area contributed by atoms with E-state index < -0.39 is 5.91 Å². The van der Waals surface area contributed by atoms with Gasteiger partial charge in [-0.3, -0.25) is 15.6 Å². The summed E-state index contributed by atoms with van der Waals surface area (Å²) in [5.41, 5.74) is 6.56. The molecule has 0 bridgehead atoms. The van der Waals surface area contributed by atoms with Crippen molar-refractivity contribution in [2.75, 3.05) is 13.7 Å². The third-order valence-corrected chi connectivity index (χ3v) is 3.82. The Labute approximate surface area is 173 Å². The van der Waals surface area contributed by atoms with Gasteiger partial charge in [0.25, 0.3) is 5.91 Å². The molecule has 2 rings (SSSR count). The van der Waals surface area contributed by atoms with Crippen molar-refractivity contribution in [1.82, 2.24) is 16.2 Å². The van der Waals surface area contributed by atoms with Gasteiger partial charge in [0.2, 0.25) is 0 Å². The van der Waals surface area contributed by atoms with Crippen LogP contribution in [0.5, 0.6) is 11.5 Å². The number of hydrogen-bond donors (Lipinski definition) is 3. The van der Waals surface area contributed by atoms with Crippen molar-refractivity contribution in [3.8, 4) is 17.6 Å². The van der Waals surface area contributed by atoms with Gasteiger partial charge in [0.1, 0.15) is 11.9 Å². The number of benzene rings is 2. The number of carbonyl (C=O) groups excluding carboxylic acids is 1. The van der Waals surface area contributed by atoms with Gasteiger partial charge >= 0.3 is 0 Å². The van der Waals surface area contributed by atoms with Crippen LogP contribution < -0.4 is 25.6 Å². The van der Waals surface area contributed by atoms with Crippen LogP contribution in [0.15, 0.2) is 48.5 Å². The number of nitrogens with zero attached hydrogens (tertiary/aromatic N) is 1. The molecule has 0 heterocycles. The van der Waals surface area contributed by atoms with Crippen LogP contribution in [0.2, 0.25) is 0 Å². The summed E-state index contributed by atoms with van der Waals surface area (Å²) in [6.07, 6.45) is 2.91. The number of amides is 1. The molecular formula is C20H19FN4O3S. The highest BCUT2D eigenvalue weighted by Crippen LogP contribution is 2.28. The third-order valence-electron chi connectivity index (χ3n) is 3.57. The van der Waals surface area contributed by atoms with E-state index in [1.807, 2.05) is 6.07 Å². The van der Waals surface area contributed by atoms with Crippen LogP contribution in [0.4, 0.5) is 4.39 Å². The lowest BCUT2D eigenvalue weighted by atomic mass is 10.2. The Balaban J connectivity index is 1.80. The quantitative estimate of drug-likeness (QED) is 0.364. The number of halogens is 1. The van der Waals surface area contributed by atoms with Gasteiger partial charge in [0, 0.05) is 12.6 Å². The number of carbonyl (C=O) groups is 1. The monoisotopic (exact) mass is 414 g/mol. The Hall–Kier alpha value is -3.64. The van der Waals surface area contributed by atoms with Gasteiger partial charge in [-0.15, -0.1) is 0 Å². The fourth-order valence-corrected chi connectivity index (χ4v) is 2.30. The molecule has 0 fully saturated rings. The maximum Gasteiger partial charge on any atom is 0.262 e. The Morgan fingerprint density at radius 3 is 2.66 bits per heavy atom. The zero-order chi connectivity index (χ0) is 21.1. The summed E-state index contributed by atoms with van der Waals surface area (Å²) < 4.78 is 23.3. The van der Waals surface area contributed by atoms with E-state index in [4.69, 9.17) is 27.0 Å². The molecule has 7 nitrogen and oxygen atoms in total. The van der Waals surface area contributed by atoms with E-state index in [2.05, 4.69) is 16.2 Å². The molecule has 29 heavy (non-hydrogen) atoms. The zero-order valence-corrected chi connectivity index (χ0v) is 16.4. The summed E-state index contributed by atoms with van der Waals surface area (Å²) in [6, 6.07) is 12.9. The second-order valence-electron chi connectivity index (χ2n) is 5.61. The molecule has 150 valence electrons. The molecule has 0 spiro atoms. The molecule has 3 N–H and O–H groups in total. The number of thiocarbonyl (C=S) groups is 1. The van der Waals surface area contributed by atoms with Crippen LogP contribution in [0.1, 0.15) is 11.1 Å². The molecule has 2 aromatic carbocycles. The third kappa shape index (κ3) is 7.48. The van der Waals surface area contributed by atoms with Crippen molar-refractivity contribution >= 4 is 29.3 Å². The van der Waals surface area contributed by atoms with Crippen molar-refractivity contribution in [3.05, 3.63) is 65.5 Å². The van der Waals surface area contributed by atoms with Gasteiger partial charge in [-0.25, -0.2) is 4.39 Å². The van der Waals surface area contributed by atoms with E-state index in [0.717, 1.165) is 5.56 Å². The minimum atomic E-state index is -0.417. The van der Waals surface area contributed by atoms with Crippen LogP contribution in [0.25, 0.3) is 6.08 Å². The largest absolute Gasteiger partial charge is 0.493 e. The summed E-state index contributed by atoms with van der Waals surface area (Å²) in [4.78, 5) is 11.9. The van der Waals surface area contributed by atoms with Crippen LogP contribution in [0, 0.1) is 17.1 Å². The Kier molecular flexibility index (Phi) is 8.41. The first-order valence-electron chi connectivity index (χ1n) is 8.46. The topological polar surface area (TPSA) is 95.4 Å². The van der Waals surface area contributed by atoms with Gasteiger partial charge < -0.3 is 14.8 Å². The smallest absolute Gasteiger partial charge is 0.262 e. The summed E-state index contributed by atoms with van der Waals surface area (Å²) in [5.74, 6) is 0.164. The Morgan fingerprint density at radius 1 is 1.21 bits per heavy atom. The highest BCUT2D eigenvalue weighted by atomic mass is 32.1. The normalized spacial score (nSPS) is 10.1. The first kappa shape index (κ1) is 21.7. The summed E-state index contributed by atoms with van der Waals surface area (Å²) in [7, 11) is 1.48. The van der Waals surface area contributed by atoms with Crippen molar-refractivity contribution in [2.24, 2.45) is 0 Å². The first-order valence-corrected chi connectivity index (χ1v) is 8.87. The van der Waals surface area contributed by atoms with E-state index in [-0.39, 0.29) is 17.5 Å². The zero-order valence-electron chi connectivity index (χ0n) is 15.6. The number of nitrogens with one attached hydrogen (secondary N) is 3. The molecule has 2 aromatic rings. The van der Waals surface area contributed by atoms with Gasteiger partial charge in [0.05, 0.1) is 7.11 Å². The molecule has 0 aliphatic rings. The summed E-state index contributed by atoms with van der Waals surface area (Å²) in [6.45, 7) is 0.298. The second kappa shape index (κ2) is 11.3. The van der Waals surface area contributed by atoms with E-state index >= 15 is 0 Å². The fourth-order valence-electron chi connectivity index (χ4n) is 2.18. The van der Waals surface area contributed by atoms with Gasteiger partial charge in [0.15, 0.2) is 23.2 Å². The highest BCUT2D eigenvalue weighted by Gasteiger charge is 2.05. The minimum Gasteiger partial charge on any atom is -0.493 e. The van der Waals surface area contributed by atoms with E-state index in [1.54, 1.807) is 36.4 Å². The molecule has 0 atom stereocenters. The Bertz CT molecular complexity index is 926. The highest BCUT2D eigenvalue weighted by molar-refractivity contribution is 7.80. The van der Waals surface area contributed by atoms with E-state index in [1.165, 1.54) is 25.3 Å². The molecule has 0 radical (unpaired) electrons. The molecule has 0 aromatic heterocycles. The molecule has 0 aliphatic carbocycles. The second-order valence-corrected chi connectivity index (χ2v) is 6.02. The lowest BCUT2D eigenvalue weighted by molar-refractivity contribution is -0.116. The summed E-state index contributed by atoms with van der Waals surface area (Å²) >= 11 is 5.07. The number of hydrogen-bond acceptors (Lipinski definition) is 5. The number of nitriles is 1. The van der Waals surface area contributed by atoms with Crippen molar-refractivity contribution in [3.63, 3.8) is 0 Å². The summed E-state index contributed by atoms with van der Waals surface area (Å²) in [5, 5.41) is 11.7. The average molecular weight is 414 g/mol. The van der Waals surface area contributed by atoms with Crippen molar-refractivity contribution in [2.45, 2.75) is 6.54 Å². The van der Waals surface area contributed by atoms with E-state index in [0.29, 0.717) is 23.6 Å². The van der Waals surface area contributed by atoms with Crippen LogP contribution >= 0.6 is 12.2 Å². The molecule has 0 unspecified atom stereocenters. The molecule has 1 amide bonds. The van der Waals surface area contributed by atoms with Gasteiger partial charge in [-0.1, -0.05) is 18.2 Å². The molecule has 0 saturated carbocycles. The van der Waals surface area contributed by atoms with Gasteiger partial charge in [-0.2, -0.15) is 5.26 Å². The SMILES string of the molecule is COc1cc(/C=C/C(=O)NNC(=S)NCc2ccc(F)cc2)ccc1OCC#N. The van der Waals surface area contributed by atoms with Crippen molar-refractivity contribution in [1.29, 1.82) is 5.26 Å². The standard InChI is InChI=1S/C20H19FN4O3S/c1-27-18-12-14(4-8-17(18)28-11-10-22)5-9-19(26)24-25-20(29)23-13-15-2-6-16(21)7-3-15/h2-9,12H,11,13H2,1H3,(H,24,26)(H2,23,25,29)/b9-5+. The van der Waals surface area contributed by atoms with Gasteiger partial charge in [-0.05, 0) is 53.7 Å². The maximum atomic E-state index is 12.9. The molecular weight excluding hydrogens is 395 g/mol. The molecule has 9 heteroatoms. The number of rotatable bonds is 7. The number of methoxy groups -OCH3 is 1. The van der Waals surface area contributed by atoms with Crippen LogP contribution in [-0.2, 0) is 11.3 Å². The number of hydrazine groups is 1. The predicted octanol–water partition coefficient (Wildman–Crippen LogP) is 2.45. The predicted molar refractivity (Wildman–Crippen MR) is 110 cm³/mol. The maximum absolute atomic E-state index is 12.9. The van der Waals surface area contributed by atoms with Crippen molar-refractivity contribution < 1.29 is 18.7 Å². The van der Waals surface area contributed by atoms with Crippen LogP contribution in [0.3, 0.4) is 0 Å². The average Bonchev–Trinajstić information content (AvgIpc) is 2.74. The van der Waals surface area contributed by atoms with Crippen LogP contribution in [-0.4, -0.2) is 24.7 Å². The minimum absolute atomic E-state index is 0.0886. The molecule has 0 saturated heterocycles. The lowest BCUT2D eigenvalue weighted by Crippen LogP contribution is -2.45. The molecule has 0 aliphatic heterocycles. The fraction of sp³-hybridized carbons (Fsp3) is 0.150. The first-order chi connectivity index (χ1) is 14.0. The Morgan fingerprint density at radius 2 is 1.97 bits per heavy atom. The lowest BCUT2D eigenvalue weighted by Gasteiger charge is -2.10. The number of ether oxygens (including phenoxy) is 2. The van der Waals surface area contributed by atoms with E-state index in [9.17, 15) is 9.18 Å².